The topological polar surface area (TPSA) is 38.9 Å². The molecule has 2 aromatic rings. The van der Waals surface area contributed by atoms with Gasteiger partial charge in [0.15, 0.2) is 0 Å². The van der Waals surface area contributed by atoms with Crippen LogP contribution in [-0.4, -0.2) is 4.98 Å². The number of hydrogen-bond donors (Lipinski definition) is 1. The lowest BCUT2D eigenvalue weighted by atomic mass is 10.2. The summed E-state index contributed by atoms with van der Waals surface area (Å²) in [7, 11) is 0. The van der Waals surface area contributed by atoms with Crippen LogP contribution in [-0.2, 0) is 0 Å². The van der Waals surface area contributed by atoms with Crippen LogP contribution in [0.4, 0.5) is 5.69 Å². The average Bonchev–Trinajstić information content (AvgIpc) is 2.05. The molecule has 0 amide bonds. The summed E-state index contributed by atoms with van der Waals surface area (Å²) in [5, 5.41) is 0.973. The normalized spacial score (nSPS) is 10.4. The van der Waals surface area contributed by atoms with Crippen molar-refractivity contribution in [2.24, 2.45) is 0 Å². The Morgan fingerprint density at radius 3 is 2.92 bits per heavy atom. The molecule has 0 aliphatic carbocycles. The van der Waals surface area contributed by atoms with E-state index in [0.717, 1.165) is 16.6 Å². The highest BCUT2D eigenvalue weighted by atomic mass is 14.7. The summed E-state index contributed by atoms with van der Waals surface area (Å²) >= 11 is 0. The first-order valence-corrected chi connectivity index (χ1v) is 3.81. The van der Waals surface area contributed by atoms with Gasteiger partial charge in [-0.3, -0.25) is 4.98 Å². The lowest BCUT2D eigenvalue weighted by molar-refractivity contribution is 1.26. The highest BCUT2D eigenvalue weighted by molar-refractivity contribution is 5.81. The summed E-state index contributed by atoms with van der Waals surface area (Å²) in [5.41, 5.74) is 8.20. The number of aryl methyl sites for hydroxylation is 1. The minimum atomic E-state index is 0.660. The Balaban J connectivity index is 2.79. The quantitative estimate of drug-likeness (QED) is 0.593. The van der Waals surface area contributed by atoms with Crippen LogP contribution in [0.15, 0.2) is 24.3 Å². The van der Waals surface area contributed by atoms with Gasteiger partial charge in [0.05, 0.1) is 5.52 Å². The molecule has 2 N–H and O–H groups in total. The van der Waals surface area contributed by atoms with Gasteiger partial charge in [-0.05, 0) is 25.1 Å². The average molecular weight is 157 g/mol. The molecule has 0 atom stereocenters. The van der Waals surface area contributed by atoms with Gasteiger partial charge in [0.25, 0.3) is 0 Å². The van der Waals surface area contributed by atoms with Gasteiger partial charge in [0, 0.05) is 22.8 Å². The zero-order valence-electron chi connectivity index (χ0n) is 6.83. The molecule has 0 fully saturated rings. The van der Waals surface area contributed by atoms with E-state index >= 15 is 0 Å². The monoisotopic (exact) mass is 157 g/mol. The molecule has 2 heteroatoms. The van der Waals surface area contributed by atoms with Crippen molar-refractivity contribution >= 4 is 16.6 Å². The number of nitrogens with zero attached hydrogens (tertiary/aromatic N) is 1. The molecule has 0 spiro atoms. The predicted octanol–water partition coefficient (Wildman–Crippen LogP) is 1.93. The maximum atomic E-state index is 5.58. The van der Waals surface area contributed by atoms with Gasteiger partial charge in [-0.15, -0.1) is 0 Å². The third-order valence-corrected chi connectivity index (χ3v) is 1.76. The third-order valence-electron chi connectivity index (χ3n) is 1.76. The fourth-order valence-corrected chi connectivity index (χ4v) is 1.18. The van der Waals surface area contributed by atoms with Gasteiger partial charge < -0.3 is 5.73 Å². The summed E-state index contributed by atoms with van der Waals surface area (Å²) in [6.45, 7) is 1.97. The largest absolute Gasteiger partial charge is 0.398 e. The van der Waals surface area contributed by atoms with Gasteiger partial charge in [-0.25, -0.2) is 0 Å². The highest BCUT2D eigenvalue weighted by Gasteiger charge is 1.95. The summed E-state index contributed by atoms with van der Waals surface area (Å²) in [6, 6.07) is 10.7. The van der Waals surface area contributed by atoms with Crippen molar-refractivity contribution in [1.82, 2.24) is 4.98 Å². The molecule has 0 unspecified atom stereocenters. The van der Waals surface area contributed by atoms with Crippen LogP contribution >= 0.6 is 0 Å². The predicted molar refractivity (Wildman–Crippen MR) is 49.7 cm³/mol. The fraction of sp³-hybridized carbons (Fsp3) is 0.100. The maximum Gasteiger partial charge on any atom is 0.0712 e. The number of rotatable bonds is 0. The number of hydrogen-bond acceptors (Lipinski definition) is 2. The van der Waals surface area contributed by atoms with E-state index in [-0.39, 0.29) is 0 Å². The lowest BCUT2D eigenvalue weighted by Gasteiger charge is -1.98. The Labute approximate surface area is 71.0 Å². The van der Waals surface area contributed by atoms with Crippen molar-refractivity contribution < 1.29 is 0 Å². The Hall–Kier alpha value is -1.57. The van der Waals surface area contributed by atoms with Crippen LogP contribution in [0.1, 0.15) is 5.69 Å². The molecule has 1 heterocycles. The molecule has 59 valence electrons. The minimum Gasteiger partial charge on any atom is -0.398 e. The summed E-state index contributed by atoms with van der Waals surface area (Å²) in [6.07, 6.45) is 0. The van der Waals surface area contributed by atoms with Crippen molar-refractivity contribution in [2.45, 2.75) is 6.92 Å². The molecule has 1 radical (unpaired) electrons. The number of aromatic nitrogens is 1. The smallest absolute Gasteiger partial charge is 0.0712 e. The maximum absolute atomic E-state index is 5.58. The third kappa shape index (κ3) is 1.11. The first-order chi connectivity index (χ1) is 5.75. The van der Waals surface area contributed by atoms with Crippen LogP contribution in [0.5, 0.6) is 0 Å². The van der Waals surface area contributed by atoms with Crippen molar-refractivity contribution in [1.29, 1.82) is 0 Å². The minimum absolute atomic E-state index is 0.660. The van der Waals surface area contributed by atoms with E-state index in [1.807, 2.05) is 31.2 Å². The van der Waals surface area contributed by atoms with Crippen LogP contribution in [0.25, 0.3) is 10.9 Å². The van der Waals surface area contributed by atoms with Crippen molar-refractivity contribution in [3.63, 3.8) is 0 Å². The second-order valence-corrected chi connectivity index (χ2v) is 2.80. The van der Waals surface area contributed by atoms with Crippen molar-refractivity contribution in [2.75, 3.05) is 5.73 Å². The molecule has 12 heavy (non-hydrogen) atoms. The summed E-state index contributed by atoms with van der Waals surface area (Å²) in [4.78, 5) is 4.33. The Bertz CT molecular complexity index is 380. The van der Waals surface area contributed by atoms with Crippen LogP contribution in [0, 0.1) is 13.0 Å². The molecular weight excluding hydrogens is 148 g/mol. The van der Waals surface area contributed by atoms with E-state index < -0.39 is 0 Å². The van der Waals surface area contributed by atoms with E-state index in [9.17, 15) is 0 Å². The van der Waals surface area contributed by atoms with Gasteiger partial charge >= 0.3 is 0 Å². The number of nitrogens with two attached hydrogens (primary N) is 1. The summed E-state index contributed by atoms with van der Waals surface area (Å²) in [5.74, 6) is 0. The lowest BCUT2D eigenvalue weighted by Crippen LogP contribution is -1.87. The van der Waals surface area contributed by atoms with E-state index in [2.05, 4.69) is 11.1 Å². The molecule has 1 aromatic carbocycles. The standard InChI is InChI=1S/C10H9N2/c1-7-2-3-8-6-9(11)4-5-10(8)12-7/h2-5H,11H2,1H3. The first-order valence-electron chi connectivity index (χ1n) is 3.81. The number of benzene rings is 1. The van der Waals surface area contributed by atoms with Gasteiger partial charge in [0.1, 0.15) is 0 Å². The molecule has 1 aromatic heterocycles. The zero-order chi connectivity index (χ0) is 8.55. The van der Waals surface area contributed by atoms with E-state index in [0.29, 0.717) is 5.69 Å². The Morgan fingerprint density at radius 1 is 1.25 bits per heavy atom. The molecule has 2 nitrogen and oxygen atoms in total. The van der Waals surface area contributed by atoms with Crippen molar-refractivity contribution in [3.05, 3.63) is 36.0 Å². The molecule has 2 rings (SSSR count). The number of fused-ring (bicyclic) bond motifs is 1. The van der Waals surface area contributed by atoms with Crippen LogP contribution in [0.2, 0.25) is 0 Å². The number of nitrogen functional groups attached to an aromatic ring is 1. The zero-order valence-corrected chi connectivity index (χ0v) is 6.83. The first kappa shape index (κ1) is 7.10. The molecule has 0 saturated heterocycles. The van der Waals surface area contributed by atoms with Gasteiger partial charge in [-0.1, -0.05) is 6.07 Å². The van der Waals surface area contributed by atoms with E-state index in [4.69, 9.17) is 5.73 Å². The van der Waals surface area contributed by atoms with Crippen molar-refractivity contribution in [3.8, 4) is 0 Å². The number of pyridine rings is 1. The van der Waals surface area contributed by atoms with Gasteiger partial charge in [-0.2, -0.15) is 0 Å². The molecule has 0 bridgehead atoms. The Kier molecular flexibility index (Phi) is 1.47. The molecule has 0 aliphatic rings. The summed E-state index contributed by atoms with van der Waals surface area (Å²) < 4.78 is 0. The molecule has 0 saturated carbocycles. The van der Waals surface area contributed by atoms with E-state index in [1.165, 1.54) is 0 Å². The van der Waals surface area contributed by atoms with E-state index in [1.54, 1.807) is 0 Å². The molecule has 0 aliphatic heterocycles. The fourth-order valence-electron chi connectivity index (χ4n) is 1.18. The second-order valence-electron chi connectivity index (χ2n) is 2.80. The Morgan fingerprint density at radius 2 is 2.08 bits per heavy atom. The molecular formula is C10H9N2. The number of anilines is 1. The second kappa shape index (κ2) is 2.48. The highest BCUT2D eigenvalue weighted by Crippen LogP contribution is 2.14. The van der Waals surface area contributed by atoms with Gasteiger partial charge in [0.2, 0.25) is 0 Å². The SMILES string of the molecule is Cc1ccc2[c]c(N)ccc2n1. The van der Waals surface area contributed by atoms with Crippen LogP contribution < -0.4 is 5.73 Å². The van der Waals surface area contributed by atoms with Crippen LogP contribution in [0.3, 0.4) is 0 Å².